The van der Waals surface area contributed by atoms with Crippen molar-refractivity contribution in [1.29, 1.82) is 0 Å². The maximum Gasteiger partial charge on any atom is 0.0464 e. The largest absolute Gasteiger partial charge is 0.382 e. The van der Waals surface area contributed by atoms with E-state index in [1.54, 1.807) is 0 Å². The maximum atomic E-state index is 5.92. The summed E-state index contributed by atoms with van der Waals surface area (Å²) in [6, 6.07) is 16.3. The summed E-state index contributed by atoms with van der Waals surface area (Å²) in [4.78, 5) is 3.42. The molecule has 0 aliphatic heterocycles. The highest BCUT2D eigenvalue weighted by atomic mass is 35.5. The van der Waals surface area contributed by atoms with Crippen LogP contribution in [0.2, 0.25) is 5.02 Å². The quantitative estimate of drug-likeness (QED) is 0.641. The highest BCUT2D eigenvalue weighted by molar-refractivity contribution is 6.30. The third-order valence-corrected chi connectivity index (χ3v) is 3.48. The molecule has 3 rings (SSSR count). The number of hydrogen-bond acceptors (Lipinski definition) is 1. The van der Waals surface area contributed by atoms with Crippen molar-refractivity contribution in [3.8, 4) is 11.3 Å². The third-order valence-electron chi connectivity index (χ3n) is 3.23. The Bertz CT molecular complexity index is 741. The number of aromatic amines is 1. The first-order valence-corrected chi connectivity index (χ1v) is 6.87. The van der Waals surface area contributed by atoms with Crippen molar-refractivity contribution in [1.82, 2.24) is 4.98 Å². The van der Waals surface area contributed by atoms with Crippen molar-refractivity contribution in [2.45, 2.75) is 0 Å². The van der Waals surface area contributed by atoms with Gasteiger partial charge in [0.2, 0.25) is 0 Å². The lowest BCUT2D eigenvalue weighted by Crippen LogP contribution is -1.96. The zero-order valence-electron chi connectivity index (χ0n) is 11.0. The Hall–Kier alpha value is -2.19. The molecule has 100 valence electrons. The minimum absolute atomic E-state index is 0.751. The van der Waals surface area contributed by atoms with Gasteiger partial charge in [0.05, 0.1) is 0 Å². The summed E-state index contributed by atoms with van der Waals surface area (Å²) in [6.07, 6.45) is 1.85. The van der Waals surface area contributed by atoms with Crippen molar-refractivity contribution >= 4 is 28.2 Å². The number of aromatic nitrogens is 1. The number of benzene rings is 2. The summed E-state index contributed by atoms with van der Waals surface area (Å²) in [5, 5.41) is 5.23. The molecule has 0 saturated heterocycles. The first kappa shape index (κ1) is 12.8. The second-order valence-electron chi connectivity index (χ2n) is 4.66. The van der Waals surface area contributed by atoms with Crippen LogP contribution in [0.15, 0.2) is 61.2 Å². The first-order valence-electron chi connectivity index (χ1n) is 6.50. The molecule has 20 heavy (non-hydrogen) atoms. The predicted octanol–water partition coefficient (Wildman–Crippen LogP) is 5.09. The number of H-pyrrole nitrogens is 1. The lowest BCUT2D eigenvalue weighted by atomic mass is 10.1. The number of anilines is 1. The van der Waals surface area contributed by atoms with Gasteiger partial charge in [-0.05, 0) is 42.0 Å². The second-order valence-corrected chi connectivity index (χ2v) is 5.10. The Labute approximate surface area is 123 Å². The predicted molar refractivity (Wildman–Crippen MR) is 87.4 cm³/mol. The van der Waals surface area contributed by atoms with E-state index in [0.29, 0.717) is 0 Å². The van der Waals surface area contributed by atoms with Gasteiger partial charge < -0.3 is 10.3 Å². The Balaban J connectivity index is 1.97. The summed E-state index contributed by atoms with van der Waals surface area (Å²) in [7, 11) is 0. The fraction of sp³-hybridized carbons (Fsp3) is 0.0588. The molecular formula is C17H15ClN2. The van der Waals surface area contributed by atoms with Crippen molar-refractivity contribution in [3.05, 3.63) is 66.2 Å². The molecule has 0 fully saturated rings. The first-order chi connectivity index (χ1) is 9.76. The zero-order chi connectivity index (χ0) is 13.9. The average molecular weight is 283 g/mol. The molecule has 2 aromatic carbocycles. The van der Waals surface area contributed by atoms with Crippen LogP contribution < -0.4 is 5.32 Å². The highest BCUT2D eigenvalue weighted by Gasteiger charge is 2.04. The number of hydrogen-bond donors (Lipinski definition) is 2. The molecule has 0 aliphatic rings. The molecular weight excluding hydrogens is 268 g/mol. The fourth-order valence-corrected chi connectivity index (χ4v) is 2.34. The van der Waals surface area contributed by atoms with Crippen molar-refractivity contribution in [2.24, 2.45) is 0 Å². The number of halogens is 1. The Morgan fingerprint density at radius 1 is 1.10 bits per heavy atom. The molecule has 0 spiro atoms. The molecule has 0 aliphatic carbocycles. The summed E-state index contributed by atoms with van der Waals surface area (Å²) in [5.74, 6) is 0. The molecule has 3 aromatic rings. The molecule has 1 aromatic heterocycles. The van der Waals surface area contributed by atoms with Crippen LogP contribution in [0.5, 0.6) is 0 Å². The standard InChI is InChI=1S/C17H15ClN2/c1-2-9-19-15-7-8-16-13(10-15)11-17(20-16)12-3-5-14(18)6-4-12/h2-8,10-11,19-20H,1,9H2. The van der Waals surface area contributed by atoms with E-state index in [2.05, 4.69) is 41.1 Å². The van der Waals surface area contributed by atoms with Crippen LogP contribution in [0.4, 0.5) is 5.69 Å². The highest BCUT2D eigenvalue weighted by Crippen LogP contribution is 2.27. The van der Waals surface area contributed by atoms with Crippen LogP contribution in [-0.2, 0) is 0 Å². The normalized spacial score (nSPS) is 10.7. The lowest BCUT2D eigenvalue weighted by Gasteiger charge is -2.02. The smallest absolute Gasteiger partial charge is 0.0464 e. The van der Waals surface area contributed by atoms with Crippen molar-refractivity contribution in [3.63, 3.8) is 0 Å². The molecule has 0 radical (unpaired) electrons. The molecule has 0 amide bonds. The topological polar surface area (TPSA) is 27.8 Å². The van der Waals surface area contributed by atoms with Crippen LogP contribution in [0.25, 0.3) is 22.2 Å². The van der Waals surface area contributed by atoms with Crippen molar-refractivity contribution in [2.75, 3.05) is 11.9 Å². The van der Waals surface area contributed by atoms with Gasteiger partial charge in [-0.2, -0.15) is 0 Å². The Morgan fingerprint density at radius 2 is 1.90 bits per heavy atom. The minimum atomic E-state index is 0.751. The van der Waals surface area contributed by atoms with Crippen LogP contribution in [-0.4, -0.2) is 11.5 Å². The van der Waals surface area contributed by atoms with Crippen LogP contribution in [0, 0.1) is 0 Å². The lowest BCUT2D eigenvalue weighted by molar-refractivity contribution is 1.35. The molecule has 3 heteroatoms. The van der Waals surface area contributed by atoms with E-state index in [-0.39, 0.29) is 0 Å². The average Bonchev–Trinajstić information content (AvgIpc) is 2.89. The summed E-state index contributed by atoms with van der Waals surface area (Å²) >= 11 is 5.92. The van der Waals surface area contributed by atoms with Gasteiger partial charge in [-0.25, -0.2) is 0 Å². The summed E-state index contributed by atoms with van der Waals surface area (Å²) < 4.78 is 0. The number of nitrogens with one attached hydrogen (secondary N) is 2. The molecule has 0 unspecified atom stereocenters. The van der Waals surface area contributed by atoms with Crippen molar-refractivity contribution < 1.29 is 0 Å². The van der Waals surface area contributed by atoms with E-state index in [4.69, 9.17) is 11.6 Å². The van der Waals surface area contributed by atoms with Gasteiger partial charge in [0.25, 0.3) is 0 Å². The molecule has 0 atom stereocenters. The molecule has 0 bridgehead atoms. The van der Waals surface area contributed by atoms with E-state index >= 15 is 0 Å². The zero-order valence-corrected chi connectivity index (χ0v) is 11.7. The number of rotatable bonds is 4. The van der Waals surface area contributed by atoms with Gasteiger partial charge in [-0.15, -0.1) is 6.58 Å². The second kappa shape index (κ2) is 5.43. The summed E-state index contributed by atoms with van der Waals surface area (Å²) in [5.41, 5.74) is 4.45. The Kier molecular flexibility index (Phi) is 3.48. The van der Waals surface area contributed by atoms with Gasteiger partial charge in [0, 0.05) is 33.9 Å². The number of fused-ring (bicyclic) bond motifs is 1. The maximum absolute atomic E-state index is 5.92. The molecule has 1 heterocycles. The van der Waals surface area contributed by atoms with Crippen LogP contribution in [0.3, 0.4) is 0 Å². The van der Waals surface area contributed by atoms with E-state index in [1.165, 1.54) is 5.39 Å². The molecule has 0 saturated carbocycles. The van der Waals surface area contributed by atoms with Crippen LogP contribution >= 0.6 is 11.6 Å². The van der Waals surface area contributed by atoms with E-state index in [9.17, 15) is 0 Å². The third kappa shape index (κ3) is 2.56. The van der Waals surface area contributed by atoms with Gasteiger partial charge in [-0.1, -0.05) is 29.8 Å². The van der Waals surface area contributed by atoms with E-state index in [1.807, 2.05) is 30.3 Å². The van der Waals surface area contributed by atoms with E-state index in [0.717, 1.165) is 34.0 Å². The van der Waals surface area contributed by atoms with Gasteiger partial charge in [0.1, 0.15) is 0 Å². The fourth-order valence-electron chi connectivity index (χ4n) is 2.22. The van der Waals surface area contributed by atoms with Gasteiger partial charge in [-0.3, -0.25) is 0 Å². The van der Waals surface area contributed by atoms with Gasteiger partial charge in [0.15, 0.2) is 0 Å². The van der Waals surface area contributed by atoms with Gasteiger partial charge >= 0.3 is 0 Å². The van der Waals surface area contributed by atoms with E-state index < -0.39 is 0 Å². The monoisotopic (exact) mass is 282 g/mol. The SMILES string of the molecule is C=CCNc1ccc2[nH]c(-c3ccc(Cl)cc3)cc2c1. The molecule has 2 N–H and O–H groups in total. The molecule has 2 nitrogen and oxygen atoms in total. The summed E-state index contributed by atoms with van der Waals surface area (Å²) in [6.45, 7) is 4.47. The minimum Gasteiger partial charge on any atom is -0.382 e. The Morgan fingerprint density at radius 3 is 2.65 bits per heavy atom. The van der Waals surface area contributed by atoms with Crippen LogP contribution in [0.1, 0.15) is 0 Å².